The number of benzene rings is 1. The molecule has 1 fully saturated rings. The number of amides is 1. The third-order valence-electron chi connectivity index (χ3n) is 3.01. The Morgan fingerprint density at radius 2 is 2.14 bits per heavy atom. The van der Waals surface area contributed by atoms with Crippen LogP contribution in [-0.4, -0.2) is 48.8 Å². The Balaban J connectivity index is 2.38. The molecule has 114 valence electrons. The molecule has 1 atom stereocenters. The Morgan fingerprint density at radius 3 is 2.67 bits per heavy atom. The van der Waals surface area contributed by atoms with E-state index in [1.165, 1.54) is 18.2 Å². The van der Waals surface area contributed by atoms with Crippen molar-refractivity contribution in [3.8, 4) is 0 Å². The largest absolute Gasteiger partial charge is 0.478 e. The topological polar surface area (TPSA) is 104 Å². The molecule has 0 spiro atoms. The number of carbonyl (C=O) groups excluding carboxylic acids is 1. The van der Waals surface area contributed by atoms with Gasteiger partial charge in [-0.1, -0.05) is 0 Å². The highest BCUT2D eigenvalue weighted by molar-refractivity contribution is 9.10. The number of piperazine rings is 1. The van der Waals surface area contributed by atoms with Gasteiger partial charge in [-0.15, -0.1) is 0 Å². The number of sulfonamides is 1. The summed E-state index contributed by atoms with van der Waals surface area (Å²) in [5.74, 6) is -1.52. The summed E-state index contributed by atoms with van der Waals surface area (Å²) in [6, 6.07) is 3.39. The molecule has 1 unspecified atom stereocenters. The fourth-order valence-electron chi connectivity index (χ4n) is 2.06. The second-order valence-electron chi connectivity index (χ2n) is 4.71. The van der Waals surface area contributed by atoms with Crippen LogP contribution >= 0.6 is 15.9 Å². The van der Waals surface area contributed by atoms with Crippen LogP contribution in [0.2, 0.25) is 0 Å². The molecular weight excluding hydrogens is 364 g/mol. The minimum Gasteiger partial charge on any atom is -0.478 e. The lowest BCUT2D eigenvalue weighted by atomic mass is 10.2. The molecule has 1 saturated heterocycles. The van der Waals surface area contributed by atoms with Crippen molar-refractivity contribution in [2.45, 2.75) is 17.9 Å². The number of rotatable bonds is 3. The van der Waals surface area contributed by atoms with E-state index in [1.54, 1.807) is 6.92 Å². The lowest BCUT2D eigenvalue weighted by molar-refractivity contribution is -0.123. The molecule has 7 nitrogen and oxygen atoms in total. The van der Waals surface area contributed by atoms with E-state index >= 15 is 0 Å². The number of carboxylic acids is 1. The van der Waals surface area contributed by atoms with Gasteiger partial charge in [-0.05, 0) is 41.1 Å². The molecule has 2 N–H and O–H groups in total. The van der Waals surface area contributed by atoms with Crippen molar-refractivity contribution in [1.82, 2.24) is 9.62 Å². The molecule has 0 aliphatic carbocycles. The molecule has 1 heterocycles. The average Bonchev–Trinajstić information content (AvgIpc) is 2.36. The first kappa shape index (κ1) is 15.9. The van der Waals surface area contributed by atoms with Crippen molar-refractivity contribution >= 4 is 37.8 Å². The molecule has 0 radical (unpaired) electrons. The maximum atomic E-state index is 12.5. The van der Waals surface area contributed by atoms with E-state index in [1.807, 2.05) is 0 Å². The first-order chi connectivity index (χ1) is 9.71. The SMILES string of the molecule is CC1CN(S(=O)(=O)c2ccc(C(=O)O)c(Br)c2)CC(=O)N1. The van der Waals surface area contributed by atoms with Gasteiger partial charge in [-0.2, -0.15) is 4.31 Å². The fourth-order valence-corrected chi connectivity index (χ4v) is 4.27. The maximum absolute atomic E-state index is 12.5. The molecule has 0 aromatic heterocycles. The third kappa shape index (κ3) is 3.25. The standard InChI is InChI=1S/C12H13BrN2O5S/c1-7-5-15(6-11(16)14-7)21(19,20)8-2-3-9(12(17)18)10(13)4-8/h2-4,7H,5-6H2,1H3,(H,14,16)(H,17,18). The smallest absolute Gasteiger partial charge is 0.336 e. The third-order valence-corrected chi connectivity index (χ3v) is 5.48. The summed E-state index contributed by atoms with van der Waals surface area (Å²) in [6.07, 6.45) is 0. The van der Waals surface area contributed by atoms with Crippen molar-refractivity contribution < 1.29 is 23.1 Å². The average molecular weight is 377 g/mol. The van der Waals surface area contributed by atoms with E-state index in [-0.39, 0.29) is 40.0 Å². The van der Waals surface area contributed by atoms with Crippen LogP contribution in [0.5, 0.6) is 0 Å². The summed E-state index contributed by atoms with van der Waals surface area (Å²) in [7, 11) is -3.84. The summed E-state index contributed by atoms with van der Waals surface area (Å²) in [6.45, 7) is 1.64. The Morgan fingerprint density at radius 1 is 1.48 bits per heavy atom. The Kier molecular flexibility index (Phi) is 4.35. The highest BCUT2D eigenvalue weighted by Crippen LogP contribution is 2.24. The highest BCUT2D eigenvalue weighted by atomic mass is 79.9. The molecule has 1 aromatic carbocycles. The van der Waals surface area contributed by atoms with Gasteiger partial charge < -0.3 is 10.4 Å². The molecule has 0 bridgehead atoms. The Labute approximate surface area is 130 Å². The number of halogens is 1. The zero-order valence-corrected chi connectivity index (χ0v) is 13.4. The molecule has 9 heteroatoms. The van der Waals surface area contributed by atoms with Crippen molar-refractivity contribution in [3.05, 3.63) is 28.2 Å². The van der Waals surface area contributed by atoms with E-state index < -0.39 is 16.0 Å². The molecule has 0 saturated carbocycles. The molecule has 2 rings (SSSR count). The number of nitrogens with one attached hydrogen (secondary N) is 1. The van der Waals surface area contributed by atoms with Gasteiger partial charge in [-0.25, -0.2) is 13.2 Å². The minimum atomic E-state index is -3.84. The zero-order valence-electron chi connectivity index (χ0n) is 11.0. The van der Waals surface area contributed by atoms with Crippen LogP contribution < -0.4 is 5.32 Å². The van der Waals surface area contributed by atoms with E-state index in [2.05, 4.69) is 21.2 Å². The van der Waals surface area contributed by atoms with Crippen LogP contribution in [0, 0.1) is 0 Å². The van der Waals surface area contributed by atoms with Gasteiger partial charge >= 0.3 is 5.97 Å². The quantitative estimate of drug-likeness (QED) is 0.805. The van der Waals surface area contributed by atoms with Crippen LogP contribution in [0.4, 0.5) is 0 Å². The lowest BCUT2D eigenvalue weighted by Crippen LogP contribution is -2.54. The van der Waals surface area contributed by atoms with Gasteiger partial charge in [0.25, 0.3) is 0 Å². The fraction of sp³-hybridized carbons (Fsp3) is 0.333. The molecule has 1 aliphatic heterocycles. The zero-order chi connectivity index (χ0) is 15.8. The summed E-state index contributed by atoms with van der Waals surface area (Å²) in [5, 5.41) is 11.6. The van der Waals surface area contributed by atoms with Gasteiger partial charge in [0.2, 0.25) is 15.9 Å². The maximum Gasteiger partial charge on any atom is 0.336 e. The molecule has 1 aromatic rings. The number of hydrogen-bond acceptors (Lipinski definition) is 4. The predicted molar refractivity (Wildman–Crippen MR) is 77.5 cm³/mol. The van der Waals surface area contributed by atoms with Crippen LogP contribution in [0.3, 0.4) is 0 Å². The van der Waals surface area contributed by atoms with Gasteiger partial charge in [0.05, 0.1) is 17.0 Å². The molecular formula is C12H13BrN2O5S. The summed E-state index contributed by atoms with van der Waals surface area (Å²) in [4.78, 5) is 22.3. The predicted octanol–water partition coefficient (Wildman–Crippen LogP) is 0.656. The monoisotopic (exact) mass is 376 g/mol. The highest BCUT2D eigenvalue weighted by Gasteiger charge is 2.32. The second-order valence-corrected chi connectivity index (χ2v) is 7.51. The van der Waals surface area contributed by atoms with Crippen LogP contribution in [0.1, 0.15) is 17.3 Å². The van der Waals surface area contributed by atoms with E-state index in [0.29, 0.717) is 0 Å². The normalized spacial score (nSPS) is 20.1. The number of aromatic carboxylic acids is 1. The van der Waals surface area contributed by atoms with Gasteiger partial charge in [0.1, 0.15) is 0 Å². The van der Waals surface area contributed by atoms with Crippen LogP contribution in [0.15, 0.2) is 27.6 Å². The molecule has 1 amide bonds. The van der Waals surface area contributed by atoms with E-state index in [4.69, 9.17) is 5.11 Å². The van der Waals surface area contributed by atoms with Gasteiger partial charge in [0, 0.05) is 17.1 Å². The van der Waals surface area contributed by atoms with E-state index in [9.17, 15) is 18.0 Å². The molecule has 1 aliphatic rings. The van der Waals surface area contributed by atoms with Gasteiger partial charge in [0.15, 0.2) is 0 Å². The van der Waals surface area contributed by atoms with Crippen LogP contribution in [0.25, 0.3) is 0 Å². The summed E-state index contributed by atoms with van der Waals surface area (Å²) < 4.78 is 26.2. The Bertz CT molecular complexity index is 704. The first-order valence-electron chi connectivity index (χ1n) is 6.04. The van der Waals surface area contributed by atoms with Crippen molar-refractivity contribution in [1.29, 1.82) is 0 Å². The first-order valence-corrected chi connectivity index (χ1v) is 8.27. The Hall–Kier alpha value is -1.45. The van der Waals surface area contributed by atoms with Gasteiger partial charge in [-0.3, -0.25) is 4.79 Å². The van der Waals surface area contributed by atoms with Crippen LogP contribution in [-0.2, 0) is 14.8 Å². The molecule has 21 heavy (non-hydrogen) atoms. The second kappa shape index (κ2) is 5.74. The number of carboxylic acid groups (broad SMARTS) is 1. The number of hydrogen-bond donors (Lipinski definition) is 2. The minimum absolute atomic E-state index is 0.0290. The summed E-state index contributed by atoms with van der Waals surface area (Å²) in [5.41, 5.74) is -0.0290. The number of nitrogens with zero attached hydrogens (tertiary/aromatic N) is 1. The number of carbonyl (C=O) groups is 2. The van der Waals surface area contributed by atoms with Crippen molar-refractivity contribution in [2.24, 2.45) is 0 Å². The van der Waals surface area contributed by atoms with E-state index in [0.717, 1.165) is 4.31 Å². The lowest BCUT2D eigenvalue weighted by Gasteiger charge is -2.30. The van der Waals surface area contributed by atoms with Crippen molar-refractivity contribution in [3.63, 3.8) is 0 Å². The van der Waals surface area contributed by atoms with Crippen molar-refractivity contribution in [2.75, 3.05) is 13.1 Å². The summed E-state index contributed by atoms with van der Waals surface area (Å²) >= 11 is 3.04.